The van der Waals surface area contributed by atoms with Gasteiger partial charge in [0.05, 0.1) is 10.9 Å². The lowest BCUT2D eigenvalue weighted by Crippen LogP contribution is -2.39. The second-order valence-electron chi connectivity index (χ2n) is 9.57. The first-order chi connectivity index (χ1) is 17.8. The van der Waals surface area contributed by atoms with Gasteiger partial charge in [0.25, 0.3) is 0 Å². The number of ether oxygens (including phenoxy) is 1. The van der Waals surface area contributed by atoms with Gasteiger partial charge in [-0.25, -0.2) is 0 Å². The van der Waals surface area contributed by atoms with Crippen molar-refractivity contribution in [3.63, 3.8) is 0 Å². The number of hydrogen-bond donors (Lipinski definition) is 1. The standard InChI is InChI=1S/C29H27BrClNO5/c30-19-15-17(11-12-25(19)37-16-18-5-1-2-6-20(18)31)27-28-21(7-3-9-23(28)33)32(14-13-26(35)36)22-8-4-10-24(34)29(22)27/h1-2,5-6,11-12,15,27H,3-4,7-10,13-14,16H2,(H,35,36). The van der Waals surface area contributed by atoms with Gasteiger partial charge >= 0.3 is 5.97 Å². The van der Waals surface area contributed by atoms with Gasteiger partial charge < -0.3 is 14.7 Å². The number of carboxylic acids is 1. The van der Waals surface area contributed by atoms with Crippen LogP contribution in [0.2, 0.25) is 5.02 Å². The van der Waals surface area contributed by atoms with E-state index in [2.05, 4.69) is 15.9 Å². The molecule has 1 aliphatic heterocycles. The lowest BCUT2D eigenvalue weighted by Gasteiger charge is -2.44. The van der Waals surface area contributed by atoms with Crippen molar-refractivity contribution in [3.8, 4) is 5.75 Å². The van der Waals surface area contributed by atoms with Crippen LogP contribution in [0.25, 0.3) is 0 Å². The SMILES string of the molecule is O=C(O)CCN1C2=C(C(=O)CCC2)C(c2ccc(OCc3ccccc3Cl)c(Br)c2)C2=C1CCCC2=O. The van der Waals surface area contributed by atoms with E-state index in [0.717, 1.165) is 39.8 Å². The summed E-state index contributed by atoms with van der Waals surface area (Å²) >= 11 is 9.89. The first-order valence-electron chi connectivity index (χ1n) is 12.5. The summed E-state index contributed by atoms with van der Waals surface area (Å²) in [5.74, 6) is -0.651. The minimum Gasteiger partial charge on any atom is -0.488 e. The molecule has 0 spiro atoms. The van der Waals surface area contributed by atoms with Gasteiger partial charge in [0, 0.05) is 58.4 Å². The van der Waals surface area contributed by atoms with Crippen LogP contribution < -0.4 is 4.74 Å². The van der Waals surface area contributed by atoms with E-state index in [-0.39, 0.29) is 24.5 Å². The van der Waals surface area contributed by atoms with Gasteiger partial charge in [-0.2, -0.15) is 0 Å². The zero-order valence-corrected chi connectivity index (χ0v) is 22.6. The molecule has 0 unspecified atom stereocenters. The second-order valence-corrected chi connectivity index (χ2v) is 10.8. The Kier molecular flexibility index (Phi) is 7.54. The van der Waals surface area contributed by atoms with Gasteiger partial charge in [-0.05, 0) is 65.4 Å². The molecule has 1 N–H and O–H groups in total. The summed E-state index contributed by atoms with van der Waals surface area (Å²) in [5, 5.41) is 9.98. The molecule has 2 aromatic rings. The molecule has 0 fully saturated rings. The van der Waals surface area contributed by atoms with Crippen molar-refractivity contribution in [2.75, 3.05) is 6.54 Å². The molecule has 2 aliphatic carbocycles. The van der Waals surface area contributed by atoms with E-state index in [1.807, 2.05) is 47.4 Å². The molecule has 2 aromatic carbocycles. The highest BCUT2D eigenvalue weighted by Gasteiger charge is 2.43. The minimum absolute atomic E-state index is 0.0340. The number of halogens is 2. The smallest absolute Gasteiger partial charge is 0.305 e. The maximum atomic E-state index is 13.3. The number of rotatable bonds is 7. The normalized spacial score (nSPS) is 18.2. The molecule has 0 amide bonds. The Labute approximate surface area is 229 Å². The number of benzene rings is 2. The molecule has 0 saturated carbocycles. The molecule has 37 heavy (non-hydrogen) atoms. The molecule has 0 bridgehead atoms. The quantitative estimate of drug-likeness (QED) is 0.396. The van der Waals surface area contributed by atoms with Crippen LogP contribution >= 0.6 is 27.5 Å². The van der Waals surface area contributed by atoms with Crippen LogP contribution in [-0.2, 0) is 21.0 Å². The molecule has 8 heteroatoms. The van der Waals surface area contributed by atoms with Crippen molar-refractivity contribution in [1.82, 2.24) is 4.90 Å². The summed E-state index contributed by atoms with van der Waals surface area (Å²) in [6.45, 7) is 0.569. The summed E-state index contributed by atoms with van der Waals surface area (Å²) < 4.78 is 6.74. The minimum atomic E-state index is -0.896. The van der Waals surface area contributed by atoms with Crippen molar-refractivity contribution >= 4 is 45.1 Å². The number of ketones is 2. The summed E-state index contributed by atoms with van der Waals surface area (Å²) in [5.41, 5.74) is 4.77. The molecule has 3 aliphatic rings. The molecular weight excluding hydrogens is 558 g/mol. The topological polar surface area (TPSA) is 83.9 Å². The van der Waals surface area contributed by atoms with E-state index in [9.17, 15) is 19.5 Å². The highest BCUT2D eigenvalue weighted by Crippen LogP contribution is 2.49. The van der Waals surface area contributed by atoms with Gasteiger partial charge in [0.15, 0.2) is 11.6 Å². The second kappa shape index (κ2) is 10.8. The Balaban J connectivity index is 1.53. The third-order valence-corrected chi connectivity index (χ3v) is 8.25. The molecule has 0 atom stereocenters. The Morgan fingerprint density at radius 2 is 1.65 bits per heavy atom. The third kappa shape index (κ3) is 5.12. The van der Waals surface area contributed by atoms with Gasteiger partial charge in [0.1, 0.15) is 12.4 Å². The maximum Gasteiger partial charge on any atom is 0.305 e. The molecule has 0 saturated heterocycles. The van der Waals surface area contributed by atoms with E-state index in [1.165, 1.54) is 0 Å². The molecule has 192 valence electrons. The fraction of sp³-hybridized carbons (Fsp3) is 0.345. The predicted octanol–water partition coefficient (Wildman–Crippen LogP) is 6.57. The molecule has 1 heterocycles. The Morgan fingerprint density at radius 3 is 2.24 bits per heavy atom. The highest BCUT2D eigenvalue weighted by atomic mass is 79.9. The first-order valence-corrected chi connectivity index (χ1v) is 13.7. The van der Waals surface area contributed by atoms with E-state index < -0.39 is 11.9 Å². The van der Waals surface area contributed by atoms with Crippen LogP contribution in [0.4, 0.5) is 0 Å². The van der Waals surface area contributed by atoms with Crippen LogP contribution in [0.1, 0.15) is 62.0 Å². The van der Waals surface area contributed by atoms with Crippen molar-refractivity contribution in [3.05, 3.63) is 85.6 Å². The van der Waals surface area contributed by atoms with E-state index in [4.69, 9.17) is 16.3 Å². The maximum absolute atomic E-state index is 13.3. The third-order valence-electron chi connectivity index (χ3n) is 7.27. The van der Waals surface area contributed by atoms with Crippen LogP contribution in [0.5, 0.6) is 5.75 Å². The number of nitrogens with zero attached hydrogens (tertiary/aromatic N) is 1. The first kappa shape index (κ1) is 25.7. The Morgan fingerprint density at radius 1 is 1.00 bits per heavy atom. The van der Waals surface area contributed by atoms with E-state index >= 15 is 0 Å². The highest BCUT2D eigenvalue weighted by molar-refractivity contribution is 9.10. The average Bonchev–Trinajstić information content (AvgIpc) is 2.87. The average molecular weight is 585 g/mol. The van der Waals surface area contributed by atoms with Crippen molar-refractivity contribution in [1.29, 1.82) is 0 Å². The summed E-state index contributed by atoms with van der Waals surface area (Å²) in [6.07, 6.45) is 3.65. The van der Waals surface area contributed by atoms with Crippen LogP contribution in [0.3, 0.4) is 0 Å². The Bertz CT molecular complexity index is 1300. The zero-order chi connectivity index (χ0) is 26.1. The monoisotopic (exact) mass is 583 g/mol. The molecular formula is C29H27BrClNO5. The van der Waals surface area contributed by atoms with Crippen molar-refractivity contribution in [2.24, 2.45) is 0 Å². The lowest BCUT2D eigenvalue weighted by atomic mass is 9.71. The molecule has 6 nitrogen and oxygen atoms in total. The fourth-order valence-electron chi connectivity index (χ4n) is 5.61. The van der Waals surface area contributed by atoms with Crippen LogP contribution in [-0.4, -0.2) is 34.1 Å². The van der Waals surface area contributed by atoms with Crippen molar-refractivity contribution in [2.45, 2.75) is 57.5 Å². The number of carbonyl (C=O) groups is 3. The fourth-order valence-corrected chi connectivity index (χ4v) is 6.31. The van der Waals surface area contributed by atoms with Gasteiger partial charge in [-0.3, -0.25) is 14.4 Å². The summed E-state index contributed by atoms with van der Waals surface area (Å²) in [4.78, 5) is 40.0. The number of carbonyl (C=O) groups excluding carboxylic acids is 2. The van der Waals surface area contributed by atoms with Gasteiger partial charge in [-0.1, -0.05) is 35.9 Å². The van der Waals surface area contributed by atoms with Gasteiger partial charge in [0.2, 0.25) is 0 Å². The van der Waals surface area contributed by atoms with Crippen molar-refractivity contribution < 1.29 is 24.2 Å². The summed E-state index contributed by atoms with van der Waals surface area (Å²) in [7, 11) is 0. The van der Waals surface area contributed by atoms with Crippen LogP contribution in [0, 0.1) is 0 Å². The number of Topliss-reactive ketones (excluding diaryl/α,β-unsaturated/α-hetero) is 2. The molecule has 0 aromatic heterocycles. The predicted molar refractivity (Wildman–Crippen MR) is 143 cm³/mol. The van der Waals surface area contributed by atoms with Gasteiger partial charge in [-0.15, -0.1) is 0 Å². The largest absolute Gasteiger partial charge is 0.488 e. The summed E-state index contributed by atoms with van der Waals surface area (Å²) in [6, 6.07) is 13.2. The van der Waals surface area contributed by atoms with Crippen LogP contribution in [0.15, 0.2) is 69.5 Å². The zero-order valence-electron chi connectivity index (χ0n) is 20.3. The lowest BCUT2D eigenvalue weighted by molar-refractivity contribution is -0.137. The van der Waals surface area contributed by atoms with E-state index in [0.29, 0.717) is 54.2 Å². The Hall–Kier alpha value is -2.90. The molecule has 0 radical (unpaired) electrons. The molecule has 5 rings (SSSR count). The van der Waals surface area contributed by atoms with E-state index in [1.54, 1.807) is 0 Å². The number of hydrogen-bond acceptors (Lipinski definition) is 5. The number of aliphatic carboxylic acids is 1. The number of carboxylic acid groups (broad SMARTS) is 1. The number of allylic oxidation sites excluding steroid dienone is 4.